The molecule has 8 nitrogen and oxygen atoms in total. The Morgan fingerprint density at radius 2 is 1.81 bits per heavy atom. The number of carbonyl (C=O) groups excluding carboxylic acids is 1. The Bertz CT molecular complexity index is 1500. The van der Waals surface area contributed by atoms with Gasteiger partial charge in [0, 0.05) is 68.1 Å². The molecule has 5 rings (SSSR count). The highest BCUT2D eigenvalue weighted by atomic mass is 16.5. The number of nitrogens with one attached hydrogen (secondary N) is 1. The molecule has 3 heterocycles. The summed E-state index contributed by atoms with van der Waals surface area (Å²) in [7, 11) is 3.09. The van der Waals surface area contributed by atoms with E-state index in [0.717, 1.165) is 28.6 Å². The molecule has 0 saturated carbocycles. The Balaban J connectivity index is 1.37. The molecule has 0 radical (unpaired) electrons. The molecule has 0 unspecified atom stereocenters. The minimum atomic E-state index is -0.277. The van der Waals surface area contributed by atoms with Gasteiger partial charge in [-0.25, -0.2) is 0 Å². The molecule has 8 heteroatoms. The van der Waals surface area contributed by atoms with Gasteiger partial charge in [0.2, 0.25) is 0 Å². The molecule has 1 N–H and O–H groups in total. The lowest BCUT2D eigenvalue weighted by Gasteiger charge is -2.19. The van der Waals surface area contributed by atoms with Crippen molar-refractivity contribution >= 4 is 16.8 Å². The fourth-order valence-corrected chi connectivity index (χ4v) is 4.94. The van der Waals surface area contributed by atoms with Gasteiger partial charge in [0.25, 0.3) is 11.5 Å². The van der Waals surface area contributed by atoms with Crippen molar-refractivity contribution in [3.8, 4) is 11.5 Å². The monoisotopic (exact) mass is 498 g/mol. The third kappa shape index (κ3) is 5.20. The van der Waals surface area contributed by atoms with Crippen molar-refractivity contribution < 1.29 is 14.3 Å². The average molecular weight is 499 g/mol. The number of pyridine rings is 2. The molecule has 37 heavy (non-hydrogen) atoms. The zero-order valence-corrected chi connectivity index (χ0v) is 21.1. The quantitative estimate of drug-likeness (QED) is 0.420. The van der Waals surface area contributed by atoms with E-state index < -0.39 is 0 Å². The fraction of sp³-hybridized carbons (Fsp3) is 0.276. The van der Waals surface area contributed by atoms with Gasteiger partial charge in [0.1, 0.15) is 17.1 Å². The molecule has 0 atom stereocenters. The molecule has 0 saturated heterocycles. The lowest BCUT2D eigenvalue weighted by atomic mass is 10.1. The highest BCUT2D eigenvalue weighted by Crippen LogP contribution is 2.24. The van der Waals surface area contributed by atoms with Crippen LogP contribution in [0.4, 0.5) is 0 Å². The van der Waals surface area contributed by atoms with E-state index in [2.05, 4.69) is 39.5 Å². The maximum Gasteiger partial charge on any atom is 0.257 e. The summed E-state index contributed by atoms with van der Waals surface area (Å²) in [5.41, 5.74) is 3.95. The van der Waals surface area contributed by atoms with Crippen molar-refractivity contribution in [2.24, 2.45) is 0 Å². The SMILES string of the molecule is COc1ccccc1CNC(=O)c1c(OC)cc(=O)n2c1CCN(Cc1ccc3cccnc3c1)CC2. The fourth-order valence-electron chi connectivity index (χ4n) is 4.94. The van der Waals surface area contributed by atoms with Gasteiger partial charge in [0.05, 0.1) is 19.7 Å². The third-order valence-electron chi connectivity index (χ3n) is 6.84. The van der Waals surface area contributed by atoms with Crippen LogP contribution in [-0.4, -0.2) is 47.7 Å². The van der Waals surface area contributed by atoms with Crippen molar-refractivity contribution in [2.45, 2.75) is 26.1 Å². The van der Waals surface area contributed by atoms with Gasteiger partial charge in [-0.3, -0.25) is 19.5 Å². The largest absolute Gasteiger partial charge is 0.496 e. The molecule has 0 spiro atoms. The summed E-state index contributed by atoms with van der Waals surface area (Å²) in [6.45, 7) is 2.94. The van der Waals surface area contributed by atoms with Gasteiger partial charge in [-0.05, 0) is 23.8 Å². The number of hydrogen-bond acceptors (Lipinski definition) is 6. The van der Waals surface area contributed by atoms with Crippen LogP contribution in [0.3, 0.4) is 0 Å². The number of carbonyl (C=O) groups is 1. The Morgan fingerprint density at radius 1 is 0.973 bits per heavy atom. The normalized spacial score (nSPS) is 13.6. The minimum absolute atomic E-state index is 0.162. The Morgan fingerprint density at radius 3 is 2.65 bits per heavy atom. The molecule has 4 aromatic rings. The predicted molar refractivity (Wildman–Crippen MR) is 142 cm³/mol. The third-order valence-corrected chi connectivity index (χ3v) is 6.84. The summed E-state index contributed by atoms with van der Waals surface area (Å²) in [5.74, 6) is 0.723. The smallest absolute Gasteiger partial charge is 0.257 e. The van der Waals surface area contributed by atoms with Crippen LogP contribution in [-0.2, 0) is 26.1 Å². The van der Waals surface area contributed by atoms with Crippen LogP contribution in [0.25, 0.3) is 10.9 Å². The van der Waals surface area contributed by atoms with Crippen molar-refractivity contribution in [1.82, 2.24) is 19.8 Å². The molecule has 0 bridgehead atoms. The second kappa shape index (κ2) is 10.8. The van der Waals surface area contributed by atoms with Crippen molar-refractivity contribution in [3.05, 3.63) is 99.6 Å². The van der Waals surface area contributed by atoms with Crippen molar-refractivity contribution in [2.75, 3.05) is 27.3 Å². The number of hydrogen-bond donors (Lipinski definition) is 1. The van der Waals surface area contributed by atoms with Crippen molar-refractivity contribution in [1.29, 1.82) is 0 Å². The first-order valence-electron chi connectivity index (χ1n) is 12.3. The van der Waals surface area contributed by atoms with Gasteiger partial charge < -0.3 is 19.4 Å². The van der Waals surface area contributed by atoms with E-state index in [9.17, 15) is 9.59 Å². The summed E-state index contributed by atoms with van der Waals surface area (Å²) in [4.78, 5) is 33.1. The molecule has 2 aromatic heterocycles. The molecule has 1 aliphatic rings. The Labute approximate surface area is 215 Å². The number of benzene rings is 2. The predicted octanol–water partition coefficient (Wildman–Crippen LogP) is 3.40. The number of rotatable bonds is 7. The number of para-hydroxylation sites is 1. The second-order valence-electron chi connectivity index (χ2n) is 9.08. The van der Waals surface area contributed by atoms with Crippen LogP contribution >= 0.6 is 0 Å². The summed E-state index contributed by atoms with van der Waals surface area (Å²) >= 11 is 0. The second-order valence-corrected chi connectivity index (χ2v) is 9.08. The van der Waals surface area contributed by atoms with E-state index in [1.807, 2.05) is 30.3 Å². The Kier molecular flexibility index (Phi) is 7.18. The van der Waals surface area contributed by atoms with Crippen molar-refractivity contribution in [3.63, 3.8) is 0 Å². The van der Waals surface area contributed by atoms with Crippen LogP contribution in [0.5, 0.6) is 11.5 Å². The summed E-state index contributed by atoms with van der Waals surface area (Å²) in [6.07, 6.45) is 2.35. The maximum absolute atomic E-state index is 13.4. The topological polar surface area (TPSA) is 85.7 Å². The Hall–Kier alpha value is -4.17. The van der Waals surface area contributed by atoms with E-state index in [1.54, 1.807) is 17.9 Å². The molecule has 0 fully saturated rings. The standard InChI is InChI=1S/C29H30N4O4/c1-36-25-8-4-3-6-22(25)18-31-29(35)28-24-11-13-32(14-15-33(24)27(34)17-26(28)37-2)19-20-9-10-21-7-5-12-30-23(21)16-20/h3-10,12,16-17H,11,13-15,18-19H2,1-2H3,(H,31,35). The minimum Gasteiger partial charge on any atom is -0.496 e. The molecule has 190 valence electrons. The first-order chi connectivity index (χ1) is 18.1. The van der Waals surface area contributed by atoms with E-state index in [1.165, 1.54) is 13.2 Å². The van der Waals surface area contributed by atoms with E-state index in [-0.39, 0.29) is 11.5 Å². The van der Waals surface area contributed by atoms with Gasteiger partial charge in [0.15, 0.2) is 0 Å². The average Bonchev–Trinajstić information content (AvgIpc) is 3.14. The number of fused-ring (bicyclic) bond motifs is 2. The van der Waals surface area contributed by atoms with Gasteiger partial charge in [-0.15, -0.1) is 0 Å². The number of methoxy groups -OCH3 is 2. The van der Waals surface area contributed by atoms with Crippen LogP contribution in [0.1, 0.15) is 27.2 Å². The van der Waals surface area contributed by atoms with E-state index in [4.69, 9.17) is 9.47 Å². The highest BCUT2D eigenvalue weighted by Gasteiger charge is 2.25. The van der Waals surface area contributed by atoms with Crippen LogP contribution < -0.4 is 20.3 Å². The van der Waals surface area contributed by atoms with Crippen LogP contribution in [0.2, 0.25) is 0 Å². The first kappa shape index (κ1) is 24.5. The van der Waals surface area contributed by atoms with Gasteiger partial charge in [-0.2, -0.15) is 0 Å². The summed E-state index contributed by atoms with van der Waals surface area (Å²) in [5, 5.41) is 4.10. The lowest BCUT2D eigenvalue weighted by molar-refractivity contribution is 0.0945. The zero-order chi connectivity index (χ0) is 25.8. The van der Waals surface area contributed by atoms with Crippen LogP contribution in [0.15, 0.2) is 71.7 Å². The summed E-state index contributed by atoms with van der Waals surface area (Å²) in [6, 6.07) is 19.3. The van der Waals surface area contributed by atoms with E-state index >= 15 is 0 Å². The highest BCUT2D eigenvalue weighted by molar-refractivity contribution is 5.98. The van der Waals surface area contributed by atoms with Gasteiger partial charge in [-0.1, -0.05) is 36.4 Å². The molecule has 0 aliphatic carbocycles. The van der Waals surface area contributed by atoms with E-state index in [0.29, 0.717) is 55.4 Å². The van der Waals surface area contributed by atoms with Crippen LogP contribution in [0, 0.1) is 0 Å². The number of ether oxygens (including phenoxy) is 2. The molecule has 1 aliphatic heterocycles. The van der Waals surface area contributed by atoms with Gasteiger partial charge >= 0.3 is 0 Å². The number of nitrogens with zero attached hydrogens (tertiary/aromatic N) is 3. The lowest BCUT2D eigenvalue weighted by Crippen LogP contribution is -2.31. The molecular formula is C29H30N4O4. The summed E-state index contributed by atoms with van der Waals surface area (Å²) < 4.78 is 12.6. The number of aromatic nitrogens is 2. The number of amides is 1. The molecule has 2 aromatic carbocycles. The maximum atomic E-state index is 13.4. The molecule has 1 amide bonds. The first-order valence-corrected chi connectivity index (χ1v) is 12.3. The molecular weight excluding hydrogens is 468 g/mol. The zero-order valence-electron chi connectivity index (χ0n) is 21.1.